The summed E-state index contributed by atoms with van der Waals surface area (Å²) in [7, 11) is 0. The van der Waals surface area contributed by atoms with Crippen molar-refractivity contribution in [1.82, 2.24) is 9.38 Å². The summed E-state index contributed by atoms with van der Waals surface area (Å²) >= 11 is 0. The third-order valence-electron chi connectivity index (χ3n) is 4.59. The molecular formula is C22H17F2N3O. The molecule has 4 rings (SSSR count). The average Bonchev–Trinajstić information content (AvgIpc) is 3.01. The quantitative estimate of drug-likeness (QED) is 0.537. The van der Waals surface area contributed by atoms with Gasteiger partial charge >= 0.3 is 0 Å². The Bertz CT molecular complexity index is 1210. The Kier molecular flexibility index (Phi) is 4.39. The van der Waals surface area contributed by atoms with Gasteiger partial charge in [0.15, 0.2) is 0 Å². The van der Waals surface area contributed by atoms with E-state index in [0.29, 0.717) is 11.2 Å². The van der Waals surface area contributed by atoms with Crippen molar-refractivity contribution in [2.24, 2.45) is 0 Å². The first-order valence-corrected chi connectivity index (χ1v) is 8.75. The lowest BCUT2D eigenvalue weighted by atomic mass is 10.1. The van der Waals surface area contributed by atoms with E-state index in [4.69, 9.17) is 0 Å². The van der Waals surface area contributed by atoms with Gasteiger partial charge in [0.2, 0.25) is 0 Å². The molecule has 0 radical (unpaired) electrons. The number of amides is 1. The molecule has 4 nitrogen and oxygen atoms in total. The Morgan fingerprint density at radius 3 is 2.61 bits per heavy atom. The van der Waals surface area contributed by atoms with E-state index in [0.717, 1.165) is 29.3 Å². The molecule has 1 N–H and O–H groups in total. The molecule has 28 heavy (non-hydrogen) atoms. The minimum absolute atomic E-state index is 0.0126. The van der Waals surface area contributed by atoms with E-state index in [9.17, 15) is 13.6 Å². The van der Waals surface area contributed by atoms with Crippen LogP contribution in [0.5, 0.6) is 0 Å². The summed E-state index contributed by atoms with van der Waals surface area (Å²) in [5, 5.41) is 2.83. The Hall–Kier alpha value is -3.54. The highest BCUT2D eigenvalue weighted by atomic mass is 19.1. The number of nitrogens with zero attached hydrogens (tertiary/aromatic N) is 2. The summed E-state index contributed by atoms with van der Waals surface area (Å²) in [5.74, 6) is -1.26. The minimum Gasteiger partial charge on any atom is -0.306 e. The second-order valence-electron chi connectivity index (χ2n) is 6.63. The molecule has 1 amide bonds. The largest absolute Gasteiger partial charge is 0.306 e. The number of fused-ring (bicyclic) bond motifs is 1. The number of halogens is 2. The molecule has 0 bridgehead atoms. The van der Waals surface area contributed by atoms with E-state index in [1.165, 1.54) is 0 Å². The second kappa shape index (κ2) is 6.88. The van der Waals surface area contributed by atoms with Gasteiger partial charge in [0.05, 0.1) is 0 Å². The second-order valence-corrected chi connectivity index (χ2v) is 6.63. The van der Waals surface area contributed by atoms with Crippen molar-refractivity contribution in [1.29, 1.82) is 0 Å². The molecule has 0 spiro atoms. The highest BCUT2D eigenvalue weighted by Gasteiger charge is 2.21. The van der Waals surface area contributed by atoms with Crippen LogP contribution in [-0.2, 0) is 0 Å². The van der Waals surface area contributed by atoms with E-state index in [1.807, 2.05) is 38.1 Å². The molecule has 140 valence electrons. The van der Waals surface area contributed by atoms with Gasteiger partial charge in [0.25, 0.3) is 5.91 Å². The number of anilines is 1. The SMILES string of the molecule is Cc1ccn2c(NC(=O)c3ccccc3C)c(-c3cc(F)ccc3F)nc2c1. The Morgan fingerprint density at radius 1 is 1.04 bits per heavy atom. The maximum Gasteiger partial charge on any atom is 0.257 e. The maximum absolute atomic E-state index is 14.4. The van der Waals surface area contributed by atoms with Gasteiger partial charge in [-0.15, -0.1) is 0 Å². The molecule has 0 aliphatic rings. The van der Waals surface area contributed by atoms with Gasteiger partial charge in [-0.2, -0.15) is 0 Å². The molecule has 0 unspecified atom stereocenters. The summed E-state index contributed by atoms with van der Waals surface area (Å²) in [4.78, 5) is 17.3. The van der Waals surface area contributed by atoms with Crippen molar-refractivity contribution >= 4 is 17.4 Å². The third-order valence-corrected chi connectivity index (χ3v) is 4.59. The van der Waals surface area contributed by atoms with Crippen LogP contribution in [-0.4, -0.2) is 15.3 Å². The zero-order valence-corrected chi connectivity index (χ0v) is 15.3. The van der Waals surface area contributed by atoms with Gasteiger partial charge in [0.1, 0.15) is 28.8 Å². The van der Waals surface area contributed by atoms with Crippen LogP contribution in [0, 0.1) is 25.5 Å². The van der Waals surface area contributed by atoms with Crippen molar-refractivity contribution < 1.29 is 13.6 Å². The number of aromatic nitrogens is 2. The van der Waals surface area contributed by atoms with Crippen molar-refractivity contribution in [3.8, 4) is 11.3 Å². The number of hydrogen-bond donors (Lipinski definition) is 1. The molecule has 2 heterocycles. The summed E-state index contributed by atoms with van der Waals surface area (Å²) < 4.78 is 29.9. The van der Waals surface area contributed by atoms with Crippen molar-refractivity contribution in [3.05, 3.63) is 89.1 Å². The zero-order valence-electron chi connectivity index (χ0n) is 15.3. The molecule has 0 fully saturated rings. The van der Waals surface area contributed by atoms with Crippen LogP contribution in [0.4, 0.5) is 14.6 Å². The summed E-state index contributed by atoms with van der Waals surface area (Å²) in [5.41, 5.74) is 2.95. The number of nitrogens with one attached hydrogen (secondary N) is 1. The summed E-state index contributed by atoms with van der Waals surface area (Å²) in [6.45, 7) is 3.74. The van der Waals surface area contributed by atoms with Crippen LogP contribution in [0.25, 0.3) is 16.9 Å². The topological polar surface area (TPSA) is 46.4 Å². The minimum atomic E-state index is -0.618. The molecule has 2 aromatic heterocycles. The van der Waals surface area contributed by atoms with Crippen molar-refractivity contribution in [3.63, 3.8) is 0 Å². The van der Waals surface area contributed by atoms with Gasteiger partial charge < -0.3 is 5.32 Å². The fraction of sp³-hybridized carbons (Fsp3) is 0.0909. The van der Waals surface area contributed by atoms with E-state index >= 15 is 0 Å². The van der Waals surface area contributed by atoms with Crippen LogP contribution in [0.3, 0.4) is 0 Å². The Morgan fingerprint density at radius 2 is 1.82 bits per heavy atom. The standard InChI is InChI=1S/C22H17F2N3O/c1-13-9-10-27-19(11-13)25-20(17-12-15(23)7-8-18(17)24)21(27)26-22(28)16-6-4-3-5-14(16)2/h3-12H,1-2H3,(H,26,28). The Labute approximate surface area is 160 Å². The molecular weight excluding hydrogens is 360 g/mol. The summed E-state index contributed by atoms with van der Waals surface area (Å²) in [6.07, 6.45) is 1.74. The molecule has 6 heteroatoms. The van der Waals surface area contributed by atoms with Gasteiger partial charge in [0, 0.05) is 17.3 Å². The normalized spacial score (nSPS) is 11.0. The first kappa shape index (κ1) is 17.9. The lowest BCUT2D eigenvalue weighted by molar-refractivity contribution is 0.102. The molecule has 0 atom stereocenters. The van der Waals surface area contributed by atoms with Gasteiger partial charge in [-0.3, -0.25) is 9.20 Å². The van der Waals surface area contributed by atoms with Gasteiger partial charge in [-0.1, -0.05) is 18.2 Å². The Balaban J connectivity index is 1.90. The predicted octanol–water partition coefficient (Wildman–Crippen LogP) is 5.15. The van der Waals surface area contributed by atoms with E-state index in [-0.39, 0.29) is 23.0 Å². The van der Waals surface area contributed by atoms with Crippen LogP contribution in [0.15, 0.2) is 60.8 Å². The number of aryl methyl sites for hydroxylation is 2. The molecule has 2 aromatic carbocycles. The molecule has 0 aliphatic heterocycles. The monoisotopic (exact) mass is 377 g/mol. The lowest BCUT2D eigenvalue weighted by Crippen LogP contribution is -2.15. The first-order chi connectivity index (χ1) is 13.4. The summed E-state index contributed by atoms with van der Waals surface area (Å²) in [6, 6.07) is 14.0. The van der Waals surface area contributed by atoms with Crippen LogP contribution in [0.1, 0.15) is 21.5 Å². The van der Waals surface area contributed by atoms with E-state index in [2.05, 4.69) is 10.3 Å². The third kappa shape index (κ3) is 3.13. The number of benzene rings is 2. The average molecular weight is 377 g/mol. The number of rotatable bonds is 3. The number of pyridine rings is 1. The van der Waals surface area contributed by atoms with E-state index in [1.54, 1.807) is 22.7 Å². The van der Waals surface area contributed by atoms with Crippen molar-refractivity contribution in [2.75, 3.05) is 5.32 Å². The van der Waals surface area contributed by atoms with Gasteiger partial charge in [-0.25, -0.2) is 13.8 Å². The molecule has 0 aliphatic carbocycles. The molecule has 4 aromatic rings. The number of imidazole rings is 1. The van der Waals surface area contributed by atoms with Crippen LogP contribution in [0.2, 0.25) is 0 Å². The zero-order chi connectivity index (χ0) is 19.8. The first-order valence-electron chi connectivity index (χ1n) is 8.75. The molecule has 0 saturated heterocycles. The van der Waals surface area contributed by atoms with Gasteiger partial charge in [-0.05, 0) is 61.4 Å². The fourth-order valence-corrected chi connectivity index (χ4v) is 3.14. The van der Waals surface area contributed by atoms with Crippen molar-refractivity contribution in [2.45, 2.75) is 13.8 Å². The number of hydrogen-bond acceptors (Lipinski definition) is 2. The maximum atomic E-state index is 14.4. The number of carbonyl (C=O) groups is 1. The van der Waals surface area contributed by atoms with E-state index < -0.39 is 11.6 Å². The smallest absolute Gasteiger partial charge is 0.257 e. The number of carbonyl (C=O) groups excluding carboxylic acids is 1. The van der Waals surface area contributed by atoms with Crippen LogP contribution >= 0.6 is 0 Å². The van der Waals surface area contributed by atoms with Crippen LogP contribution < -0.4 is 5.32 Å². The highest BCUT2D eigenvalue weighted by molar-refractivity contribution is 6.06. The predicted molar refractivity (Wildman–Crippen MR) is 104 cm³/mol. The molecule has 0 saturated carbocycles. The highest BCUT2D eigenvalue weighted by Crippen LogP contribution is 2.32. The lowest BCUT2D eigenvalue weighted by Gasteiger charge is -2.10. The fourth-order valence-electron chi connectivity index (χ4n) is 3.14.